The van der Waals surface area contributed by atoms with Gasteiger partial charge in [0, 0.05) is 24.1 Å². The zero-order valence-corrected chi connectivity index (χ0v) is 20.3. The number of nitrogens with zero attached hydrogens (tertiary/aromatic N) is 4. The number of ether oxygens (including phenoxy) is 2. The normalized spacial score (nSPS) is 19.4. The molecule has 0 radical (unpaired) electrons. The number of piperidine rings is 1. The van der Waals surface area contributed by atoms with Gasteiger partial charge in [0.2, 0.25) is 0 Å². The zero-order valence-electron chi connectivity index (χ0n) is 20.3. The molecule has 1 fully saturated rings. The van der Waals surface area contributed by atoms with Gasteiger partial charge in [-0.25, -0.2) is 9.40 Å². The summed E-state index contributed by atoms with van der Waals surface area (Å²) < 4.78 is 24.5. The molecule has 1 unspecified atom stereocenters. The second-order valence-electron chi connectivity index (χ2n) is 9.07. The first kappa shape index (κ1) is 24.2. The first-order valence-corrected chi connectivity index (χ1v) is 11.7. The number of benzene rings is 2. The number of likely N-dealkylation sites (tertiary alicyclic amines) is 1. The summed E-state index contributed by atoms with van der Waals surface area (Å²) in [4.78, 5) is 18.0. The average molecular weight is 469 g/mol. The van der Waals surface area contributed by atoms with Crippen LogP contribution in [0, 0.1) is 5.82 Å². The summed E-state index contributed by atoms with van der Waals surface area (Å²) in [5.74, 6) is 0.948. The maximum atomic E-state index is 13.5. The van der Waals surface area contributed by atoms with Crippen molar-refractivity contribution in [2.24, 2.45) is 5.10 Å². The van der Waals surface area contributed by atoms with Crippen molar-refractivity contribution in [1.29, 1.82) is 0 Å². The van der Waals surface area contributed by atoms with Gasteiger partial charge in [0.15, 0.2) is 0 Å². The highest BCUT2D eigenvalue weighted by molar-refractivity contribution is 6.03. The summed E-state index contributed by atoms with van der Waals surface area (Å²) in [5.41, 5.74) is 2.41. The van der Waals surface area contributed by atoms with Crippen LogP contribution in [-0.4, -0.2) is 80.4 Å². The number of likely N-dealkylation sites (N-methyl/N-ethyl adjacent to an activating group) is 1. The van der Waals surface area contributed by atoms with E-state index in [-0.39, 0.29) is 24.3 Å². The highest BCUT2D eigenvalue weighted by Gasteiger charge is 2.36. The quantitative estimate of drug-likeness (QED) is 0.622. The topological polar surface area (TPSA) is 57.6 Å². The van der Waals surface area contributed by atoms with Crippen LogP contribution in [0.1, 0.15) is 36.4 Å². The molecule has 2 aliphatic rings. The molecule has 0 aliphatic carbocycles. The third-order valence-electron chi connectivity index (χ3n) is 6.84. The van der Waals surface area contributed by atoms with Gasteiger partial charge in [0.25, 0.3) is 5.91 Å². The van der Waals surface area contributed by atoms with Crippen molar-refractivity contribution in [3.05, 3.63) is 59.4 Å². The molecule has 2 aromatic rings. The molecule has 0 N–H and O–H groups in total. The largest absolute Gasteiger partial charge is 0.497 e. The van der Waals surface area contributed by atoms with E-state index in [4.69, 9.17) is 14.6 Å². The van der Waals surface area contributed by atoms with Crippen LogP contribution in [0.2, 0.25) is 0 Å². The van der Waals surface area contributed by atoms with Crippen LogP contribution < -0.4 is 9.47 Å². The SMILES string of the molecule is COc1ccc(C2CC(c3ccc(F)cc3)=NN2C(=O)CN(C)C2CCN(C)CC2)c(OC)c1. The second-order valence-corrected chi connectivity index (χ2v) is 9.07. The Hall–Kier alpha value is -2.97. The fourth-order valence-electron chi connectivity index (χ4n) is 4.74. The van der Waals surface area contributed by atoms with Crippen LogP contribution in [0.25, 0.3) is 0 Å². The van der Waals surface area contributed by atoms with E-state index in [1.165, 1.54) is 12.1 Å². The maximum absolute atomic E-state index is 13.5. The van der Waals surface area contributed by atoms with Crippen molar-refractivity contribution in [3.8, 4) is 11.5 Å². The molecule has 7 nitrogen and oxygen atoms in total. The van der Waals surface area contributed by atoms with E-state index in [1.807, 2.05) is 25.2 Å². The number of carbonyl (C=O) groups is 1. The van der Waals surface area contributed by atoms with E-state index < -0.39 is 0 Å². The number of hydrogen-bond donors (Lipinski definition) is 0. The molecule has 0 aromatic heterocycles. The lowest BCUT2D eigenvalue weighted by Gasteiger charge is -2.35. The Morgan fingerprint density at radius 2 is 1.82 bits per heavy atom. The zero-order chi connectivity index (χ0) is 24.2. The summed E-state index contributed by atoms with van der Waals surface area (Å²) in [5, 5.41) is 6.31. The van der Waals surface area contributed by atoms with Crippen LogP contribution in [-0.2, 0) is 4.79 Å². The van der Waals surface area contributed by atoms with Crippen LogP contribution >= 0.6 is 0 Å². The Morgan fingerprint density at radius 3 is 2.47 bits per heavy atom. The minimum atomic E-state index is -0.320. The molecule has 4 rings (SSSR count). The molecular weight excluding hydrogens is 435 g/mol. The number of hydrazone groups is 1. The van der Waals surface area contributed by atoms with E-state index in [0.717, 1.165) is 42.8 Å². The minimum Gasteiger partial charge on any atom is -0.497 e. The van der Waals surface area contributed by atoms with Gasteiger partial charge in [-0.3, -0.25) is 9.69 Å². The van der Waals surface area contributed by atoms with E-state index in [9.17, 15) is 9.18 Å². The van der Waals surface area contributed by atoms with Gasteiger partial charge >= 0.3 is 0 Å². The number of amides is 1. The van der Waals surface area contributed by atoms with Gasteiger partial charge in [-0.15, -0.1) is 0 Å². The molecule has 0 saturated carbocycles. The number of hydrogen-bond acceptors (Lipinski definition) is 6. The molecule has 8 heteroatoms. The number of methoxy groups -OCH3 is 2. The van der Waals surface area contributed by atoms with Gasteiger partial charge in [-0.2, -0.15) is 5.10 Å². The molecule has 1 amide bonds. The lowest BCUT2D eigenvalue weighted by atomic mass is 9.97. The minimum absolute atomic E-state index is 0.0681. The Bertz CT molecular complexity index is 1030. The van der Waals surface area contributed by atoms with E-state index in [2.05, 4.69) is 16.8 Å². The van der Waals surface area contributed by atoms with Crippen LogP contribution in [0.3, 0.4) is 0 Å². The molecule has 182 valence electrons. The predicted octanol–water partition coefficient (Wildman–Crippen LogP) is 3.55. The third kappa shape index (κ3) is 5.23. The van der Waals surface area contributed by atoms with Gasteiger partial charge in [-0.05, 0) is 69.9 Å². The van der Waals surface area contributed by atoms with E-state index in [0.29, 0.717) is 24.0 Å². The number of carbonyl (C=O) groups excluding carboxylic acids is 1. The number of rotatable bonds is 7. The Balaban J connectivity index is 1.61. The van der Waals surface area contributed by atoms with E-state index >= 15 is 0 Å². The standard InChI is InChI=1S/C26H33FN4O3/c1-29-13-11-20(12-14-29)30(2)17-26(32)31-24(22-10-9-21(33-3)15-25(22)34-4)16-23(28-31)18-5-7-19(27)8-6-18/h5-10,15,20,24H,11-14,16-17H2,1-4H3. The van der Waals surface area contributed by atoms with Gasteiger partial charge in [-0.1, -0.05) is 12.1 Å². The summed E-state index contributed by atoms with van der Waals surface area (Å²) in [6.45, 7) is 2.35. The van der Waals surface area contributed by atoms with E-state index in [1.54, 1.807) is 31.4 Å². The summed E-state index contributed by atoms with van der Waals surface area (Å²) in [6, 6.07) is 11.9. The molecular formula is C26H33FN4O3. The number of halogens is 1. The smallest absolute Gasteiger partial charge is 0.257 e. The molecule has 0 spiro atoms. The first-order valence-electron chi connectivity index (χ1n) is 11.7. The fourth-order valence-corrected chi connectivity index (χ4v) is 4.74. The van der Waals surface area contributed by atoms with Crippen molar-refractivity contribution in [1.82, 2.24) is 14.8 Å². The molecule has 1 saturated heterocycles. The Labute approximate surface area is 200 Å². The van der Waals surface area contributed by atoms with Crippen molar-refractivity contribution < 1.29 is 18.7 Å². The van der Waals surface area contributed by atoms with Crippen molar-refractivity contribution in [3.63, 3.8) is 0 Å². The summed E-state index contributed by atoms with van der Waals surface area (Å²) >= 11 is 0. The Morgan fingerprint density at radius 1 is 1.12 bits per heavy atom. The van der Waals surface area contributed by atoms with Crippen molar-refractivity contribution in [2.75, 3.05) is 47.9 Å². The molecule has 0 bridgehead atoms. The van der Waals surface area contributed by atoms with Crippen LogP contribution in [0.4, 0.5) is 4.39 Å². The summed E-state index contributed by atoms with van der Waals surface area (Å²) in [6.07, 6.45) is 2.60. The lowest BCUT2D eigenvalue weighted by molar-refractivity contribution is -0.134. The lowest BCUT2D eigenvalue weighted by Crippen LogP contribution is -2.46. The fraction of sp³-hybridized carbons (Fsp3) is 0.462. The molecule has 2 aliphatic heterocycles. The maximum Gasteiger partial charge on any atom is 0.257 e. The van der Waals surface area contributed by atoms with Gasteiger partial charge < -0.3 is 14.4 Å². The second kappa shape index (κ2) is 10.5. The van der Waals surface area contributed by atoms with Crippen LogP contribution in [0.5, 0.6) is 11.5 Å². The Kier molecular flexibility index (Phi) is 7.48. The molecule has 2 heterocycles. The monoisotopic (exact) mass is 468 g/mol. The highest BCUT2D eigenvalue weighted by atomic mass is 19.1. The molecule has 34 heavy (non-hydrogen) atoms. The summed E-state index contributed by atoms with van der Waals surface area (Å²) in [7, 11) is 7.35. The first-order chi connectivity index (χ1) is 16.4. The average Bonchev–Trinajstić information content (AvgIpc) is 3.29. The van der Waals surface area contributed by atoms with Gasteiger partial charge in [0.05, 0.1) is 32.5 Å². The molecule has 2 aromatic carbocycles. The van der Waals surface area contributed by atoms with Gasteiger partial charge in [0.1, 0.15) is 17.3 Å². The molecule has 1 atom stereocenters. The van der Waals surface area contributed by atoms with Crippen molar-refractivity contribution in [2.45, 2.75) is 31.3 Å². The highest BCUT2D eigenvalue weighted by Crippen LogP contribution is 2.39. The van der Waals surface area contributed by atoms with Crippen LogP contribution in [0.15, 0.2) is 47.6 Å². The third-order valence-corrected chi connectivity index (χ3v) is 6.84. The van der Waals surface area contributed by atoms with Crippen molar-refractivity contribution >= 4 is 11.6 Å². The predicted molar refractivity (Wildman–Crippen MR) is 130 cm³/mol.